The van der Waals surface area contributed by atoms with Crippen molar-refractivity contribution in [1.82, 2.24) is 0 Å². The molecule has 1 aliphatic rings. The first-order chi connectivity index (χ1) is 9.76. The predicted molar refractivity (Wildman–Crippen MR) is 86.5 cm³/mol. The largest absolute Gasteiger partial charge is 0.390 e. The highest BCUT2D eigenvalue weighted by Gasteiger charge is 2.20. The second-order valence-corrected chi connectivity index (χ2v) is 6.82. The number of hydrogen-bond acceptors (Lipinski definition) is 1. The fourth-order valence-electron chi connectivity index (χ4n) is 2.80. The smallest absolute Gasteiger partial charge is 0.123 e. The summed E-state index contributed by atoms with van der Waals surface area (Å²) in [6.45, 7) is 8.00. The quantitative estimate of drug-likeness (QED) is 0.749. The summed E-state index contributed by atoms with van der Waals surface area (Å²) in [5.41, 5.74) is 5.67. The van der Waals surface area contributed by atoms with E-state index in [0.29, 0.717) is 0 Å². The molecular formula is C19H25FO. The van der Waals surface area contributed by atoms with Gasteiger partial charge in [-0.2, -0.15) is 0 Å². The van der Waals surface area contributed by atoms with Crippen LogP contribution >= 0.6 is 0 Å². The van der Waals surface area contributed by atoms with Crippen molar-refractivity contribution in [1.29, 1.82) is 0 Å². The number of aliphatic hydroxyl groups is 1. The van der Waals surface area contributed by atoms with Crippen LogP contribution in [0.1, 0.15) is 58.9 Å². The summed E-state index contributed by atoms with van der Waals surface area (Å²) in [7, 11) is 0. The van der Waals surface area contributed by atoms with Crippen molar-refractivity contribution in [2.24, 2.45) is 0 Å². The molecule has 0 saturated heterocycles. The molecule has 0 heterocycles. The Kier molecular flexibility index (Phi) is 4.67. The van der Waals surface area contributed by atoms with E-state index in [1.807, 2.05) is 19.9 Å². The highest BCUT2D eigenvalue weighted by Crippen LogP contribution is 2.38. The molecule has 0 aliphatic heterocycles. The topological polar surface area (TPSA) is 20.2 Å². The number of rotatable bonds is 4. The van der Waals surface area contributed by atoms with Crippen molar-refractivity contribution in [2.45, 2.75) is 59.0 Å². The first kappa shape index (κ1) is 16.0. The van der Waals surface area contributed by atoms with Gasteiger partial charge in [-0.1, -0.05) is 28.9 Å². The van der Waals surface area contributed by atoms with E-state index in [1.54, 1.807) is 12.1 Å². The van der Waals surface area contributed by atoms with Crippen LogP contribution in [0, 0.1) is 5.82 Å². The summed E-state index contributed by atoms with van der Waals surface area (Å²) in [5.74, 6) is -0.189. The van der Waals surface area contributed by atoms with E-state index in [0.717, 1.165) is 31.2 Å². The average molecular weight is 288 g/mol. The van der Waals surface area contributed by atoms with Crippen LogP contribution in [0.2, 0.25) is 0 Å². The van der Waals surface area contributed by atoms with Crippen molar-refractivity contribution in [3.05, 3.63) is 52.4 Å². The Morgan fingerprint density at radius 2 is 1.81 bits per heavy atom. The lowest BCUT2D eigenvalue weighted by atomic mass is 9.81. The summed E-state index contributed by atoms with van der Waals surface area (Å²) >= 11 is 0. The van der Waals surface area contributed by atoms with E-state index in [1.165, 1.54) is 28.4 Å². The summed E-state index contributed by atoms with van der Waals surface area (Å²) < 4.78 is 13.5. The van der Waals surface area contributed by atoms with Gasteiger partial charge < -0.3 is 5.11 Å². The summed E-state index contributed by atoms with van der Waals surface area (Å²) in [4.78, 5) is 0. The molecule has 0 radical (unpaired) electrons. The lowest BCUT2D eigenvalue weighted by molar-refractivity contribution is 0.0712. The molecule has 0 amide bonds. The molecule has 1 aliphatic carbocycles. The van der Waals surface area contributed by atoms with E-state index < -0.39 is 5.60 Å². The van der Waals surface area contributed by atoms with E-state index in [4.69, 9.17) is 0 Å². The van der Waals surface area contributed by atoms with Crippen LogP contribution < -0.4 is 0 Å². The van der Waals surface area contributed by atoms with Crippen LogP contribution in [0.5, 0.6) is 0 Å². The molecule has 0 saturated carbocycles. The average Bonchev–Trinajstić information content (AvgIpc) is 2.39. The lowest BCUT2D eigenvalue weighted by Gasteiger charge is -2.26. The molecule has 2 rings (SSSR count). The second-order valence-electron chi connectivity index (χ2n) is 6.82. The van der Waals surface area contributed by atoms with Crippen LogP contribution in [-0.4, -0.2) is 10.7 Å². The van der Waals surface area contributed by atoms with E-state index in [-0.39, 0.29) is 5.82 Å². The molecule has 0 aromatic heterocycles. The van der Waals surface area contributed by atoms with Gasteiger partial charge in [0.2, 0.25) is 0 Å². The molecule has 1 aromatic carbocycles. The Hall–Kier alpha value is -1.41. The molecule has 0 atom stereocenters. The molecule has 0 spiro atoms. The Labute approximate surface area is 127 Å². The van der Waals surface area contributed by atoms with Crippen molar-refractivity contribution < 1.29 is 9.50 Å². The highest BCUT2D eigenvalue weighted by atomic mass is 19.1. The maximum atomic E-state index is 13.5. The minimum atomic E-state index is -0.663. The third kappa shape index (κ3) is 4.28. The summed E-state index contributed by atoms with van der Waals surface area (Å²) in [5, 5.41) is 9.97. The molecule has 0 bridgehead atoms. The molecule has 1 nitrogen and oxygen atoms in total. The van der Waals surface area contributed by atoms with Gasteiger partial charge in [0.25, 0.3) is 0 Å². The van der Waals surface area contributed by atoms with Gasteiger partial charge in [0, 0.05) is 0 Å². The zero-order chi connectivity index (χ0) is 15.6. The van der Waals surface area contributed by atoms with Crippen LogP contribution in [0.15, 0.2) is 41.0 Å². The molecule has 21 heavy (non-hydrogen) atoms. The van der Waals surface area contributed by atoms with Gasteiger partial charge in [-0.25, -0.2) is 4.39 Å². The molecule has 2 heteroatoms. The molecule has 1 N–H and O–H groups in total. The molecule has 0 unspecified atom stereocenters. The highest BCUT2D eigenvalue weighted by molar-refractivity contribution is 5.72. The Bertz CT molecular complexity index is 588. The van der Waals surface area contributed by atoms with Crippen LogP contribution in [0.3, 0.4) is 0 Å². The van der Waals surface area contributed by atoms with Gasteiger partial charge >= 0.3 is 0 Å². The number of allylic oxidation sites excluding steroid dienone is 4. The standard InChI is InChI=1S/C19H25FO/c1-13-10-16(8-9-19(3,4)21)18(11-14(13)2)15-6-5-7-17(20)12-15/h5-7,12,21H,8-11H2,1-4H3. The van der Waals surface area contributed by atoms with Gasteiger partial charge in [0.05, 0.1) is 5.60 Å². The molecular weight excluding hydrogens is 263 g/mol. The van der Waals surface area contributed by atoms with Gasteiger partial charge in [-0.15, -0.1) is 0 Å². The Morgan fingerprint density at radius 3 is 2.43 bits per heavy atom. The van der Waals surface area contributed by atoms with Gasteiger partial charge in [-0.3, -0.25) is 0 Å². The third-order valence-electron chi connectivity index (χ3n) is 4.29. The SMILES string of the molecule is CC1=C(C)CC(c2cccc(F)c2)=C(CCC(C)(C)O)C1. The fraction of sp³-hybridized carbons (Fsp3) is 0.474. The van der Waals surface area contributed by atoms with Crippen LogP contribution in [-0.2, 0) is 0 Å². The van der Waals surface area contributed by atoms with Crippen molar-refractivity contribution in [2.75, 3.05) is 0 Å². The number of halogens is 1. The lowest BCUT2D eigenvalue weighted by Crippen LogP contribution is -2.18. The maximum absolute atomic E-state index is 13.5. The summed E-state index contributed by atoms with van der Waals surface area (Å²) in [6.07, 6.45) is 3.41. The van der Waals surface area contributed by atoms with Crippen LogP contribution in [0.25, 0.3) is 5.57 Å². The normalized spacial score (nSPS) is 16.7. The zero-order valence-electron chi connectivity index (χ0n) is 13.5. The monoisotopic (exact) mass is 288 g/mol. The first-order valence-electron chi connectivity index (χ1n) is 7.61. The Morgan fingerprint density at radius 1 is 1.14 bits per heavy atom. The maximum Gasteiger partial charge on any atom is 0.123 e. The number of benzene rings is 1. The number of hydrogen-bond donors (Lipinski definition) is 1. The Balaban J connectivity index is 2.34. The van der Waals surface area contributed by atoms with E-state index >= 15 is 0 Å². The van der Waals surface area contributed by atoms with Gasteiger partial charge in [0.1, 0.15) is 5.82 Å². The fourth-order valence-corrected chi connectivity index (χ4v) is 2.80. The van der Waals surface area contributed by atoms with Crippen molar-refractivity contribution in [3.8, 4) is 0 Å². The van der Waals surface area contributed by atoms with E-state index in [2.05, 4.69) is 13.8 Å². The van der Waals surface area contributed by atoms with E-state index in [9.17, 15) is 9.50 Å². The first-order valence-corrected chi connectivity index (χ1v) is 7.61. The third-order valence-corrected chi connectivity index (χ3v) is 4.29. The summed E-state index contributed by atoms with van der Waals surface area (Å²) in [6, 6.07) is 6.85. The van der Waals surface area contributed by atoms with Crippen molar-refractivity contribution in [3.63, 3.8) is 0 Å². The molecule has 1 aromatic rings. The van der Waals surface area contributed by atoms with Gasteiger partial charge in [0.15, 0.2) is 0 Å². The van der Waals surface area contributed by atoms with Gasteiger partial charge in [-0.05, 0) is 76.6 Å². The minimum absolute atomic E-state index is 0.189. The predicted octanol–water partition coefficient (Wildman–Crippen LogP) is 5.26. The van der Waals surface area contributed by atoms with Crippen molar-refractivity contribution >= 4 is 5.57 Å². The molecule has 0 fully saturated rings. The van der Waals surface area contributed by atoms with Crippen LogP contribution in [0.4, 0.5) is 4.39 Å². The minimum Gasteiger partial charge on any atom is -0.390 e. The second kappa shape index (κ2) is 6.15. The molecule has 114 valence electrons. The zero-order valence-corrected chi connectivity index (χ0v) is 13.5.